The van der Waals surface area contributed by atoms with Crippen LogP contribution in [0.15, 0.2) is 0 Å². The van der Waals surface area contributed by atoms with Gasteiger partial charge in [0.25, 0.3) is 6.43 Å². The number of hydrogen-bond acceptors (Lipinski definition) is 1. The smallest absolute Gasteiger partial charge is 0.266 e. The predicted octanol–water partition coefficient (Wildman–Crippen LogP) is 4.34. The highest BCUT2D eigenvalue weighted by Crippen LogP contribution is 2.07. The van der Waals surface area contributed by atoms with Crippen LogP contribution in [-0.4, -0.2) is 24.8 Å². The lowest BCUT2D eigenvalue weighted by molar-refractivity contribution is 0.113. The summed E-state index contributed by atoms with van der Waals surface area (Å²) < 4.78 is 31.1. The first-order valence-electron chi connectivity index (χ1n) is 6.14. The Morgan fingerprint density at radius 2 is 1.25 bits per heavy atom. The molecule has 0 aromatic heterocycles. The van der Waals surface area contributed by atoms with Gasteiger partial charge in [0, 0.05) is 6.61 Å². The molecule has 100 valence electrons. The molecule has 0 fully saturated rings. The van der Waals surface area contributed by atoms with Crippen molar-refractivity contribution in [2.75, 3.05) is 13.3 Å². The van der Waals surface area contributed by atoms with E-state index in [9.17, 15) is 13.2 Å². The zero-order chi connectivity index (χ0) is 12.6. The third-order valence-electron chi connectivity index (χ3n) is 2.13. The van der Waals surface area contributed by atoms with Crippen LogP contribution in [0, 0.1) is 0 Å². The second-order valence-electron chi connectivity index (χ2n) is 3.74. The first-order valence-corrected chi connectivity index (χ1v) is 6.14. The molecule has 16 heavy (non-hydrogen) atoms. The fourth-order valence-corrected chi connectivity index (χ4v) is 1.25. The minimum atomic E-state index is -2.78. The fourth-order valence-electron chi connectivity index (χ4n) is 1.25. The Hall–Kier alpha value is -0.250. The normalized spacial score (nSPS) is 10.1. The van der Waals surface area contributed by atoms with Gasteiger partial charge in [-0.25, -0.2) is 13.2 Å². The van der Waals surface area contributed by atoms with Crippen LogP contribution in [0.5, 0.6) is 0 Å². The third-order valence-corrected chi connectivity index (χ3v) is 2.13. The number of unbranched alkanes of at least 4 members (excludes halogenated alkanes) is 7. The van der Waals surface area contributed by atoms with Gasteiger partial charge in [-0.1, -0.05) is 51.9 Å². The van der Waals surface area contributed by atoms with Gasteiger partial charge in [-0.2, -0.15) is 0 Å². The SMILES string of the molecule is CCCCCCCCCCO.FCC(F)F. The molecule has 0 radical (unpaired) electrons. The Morgan fingerprint density at radius 3 is 1.56 bits per heavy atom. The average molecular weight is 242 g/mol. The number of hydrogen-bond donors (Lipinski definition) is 1. The highest BCUT2D eigenvalue weighted by atomic mass is 19.3. The van der Waals surface area contributed by atoms with Gasteiger partial charge in [-0.05, 0) is 6.42 Å². The molecule has 0 unspecified atom stereocenters. The van der Waals surface area contributed by atoms with E-state index in [0.717, 1.165) is 6.42 Å². The molecule has 0 spiro atoms. The minimum absolute atomic E-state index is 0.370. The van der Waals surface area contributed by atoms with Crippen LogP contribution in [0.25, 0.3) is 0 Å². The summed E-state index contributed by atoms with van der Waals surface area (Å²) in [6.45, 7) is 1.08. The summed E-state index contributed by atoms with van der Waals surface area (Å²) in [4.78, 5) is 0. The van der Waals surface area contributed by atoms with Gasteiger partial charge in [-0.15, -0.1) is 0 Å². The Kier molecular flexibility index (Phi) is 19.4. The van der Waals surface area contributed by atoms with E-state index in [1.165, 1.54) is 44.9 Å². The zero-order valence-corrected chi connectivity index (χ0v) is 10.2. The van der Waals surface area contributed by atoms with Crippen LogP contribution in [0.4, 0.5) is 13.2 Å². The van der Waals surface area contributed by atoms with Crippen LogP contribution < -0.4 is 0 Å². The van der Waals surface area contributed by atoms with Crippen molar-refractivity contribution in [3.05, 3.63) is 0 Å². The summed E-state index contributed by atoms with van der Waals surface area (Å²) in [5, 5.41) is 8.51. The summed E-state index contributed by atoms with van der Waals surface area (Å²) in [5.41, 5.74) is 0. The maximum absolute atomic E-state index is 10.4. The lowest BCUT2D eigenvalue weighted by Gasteiger charge is -1.98. The van der Waals surface area contributed by atoms with Gasteiger partial charge in [0.2, 0.25) is 0 Å². The summed E-state index contributed by atoms with van der Waals surface area (Å²) in [7, 11) is 0. The van der Waals surface area contributed by atoms with Crippen molar-refractivity contribution in [2.45, 2.75) is 64.7 Å². The van der Waals surface area contributed by atoms with Crippen molar-refractivity contribution in [3.8, 4) is 0 Å². The van der Waals surface area contributed by atoms with Crippen LogP contribution in [0.3, 0.4) is 0 Å². The first kappa shape index (κ1) is 18.1. The molecule has 0 aliphatic heterocycles. The Morgan fingerprint density at radius 1 is 0.875 bits per heavy atom. The van der Waals surface area contributed by atoms with Crippen molar-refractivity contribution in [1.82, 2.24) is 0 Å². The number of aliphatic hydroxyl groups excluding tert-OH is 1. The second kappa shape index (κ2) is 17.2. The highest BCUT2D eigenvalue weighted by Gasteiger charge is 1.95. The van der Waals surface area contributed by atoms with E-state index in [-0.39, 0.29) is 0 Å². The Balaban J connectivity index is 0. The van der Waals surface area contributed by atoms with E-state index in [0.29, 0.717) is 6.61 Å². The van der Waals surface area contributed by atoms with E-state index >= 15 is 0 Å². The van der Waals surface area contributed by atoms with E-state index in [1.807, 2.05) is 0 Å². The summed E-state index contributed by atoms with van der Waals surface area (Å²) in [6, 6.07) is 0. The maximum atomic E-state index is 10.4. The molecule has 0 bridgehead atoms. The van der Waals surface area contributed by atoms with E-state index in [1.54, 1.807) is 0 Å². The highest BCUT2D eigenvalue weighted by molar-refractivity contribution is 4.44. The van der Waals surface area contributed by atoms with Gasteiger partial charge in [0.1, 0.15) is 0 Å². The molecule has 0 aromatic carbocycles. The molecule has 0 amide bonds. The lowest BCUT2D eigenvalue weighted by Crippen LogP contribution is -1.88. The number of alkyl halides is 3. The fraction of sp³-hybridized carbons (Fsp3) is 1.00. The third kappa shape index (κ3) is 23.5. The lowest BCUT2D eigenvalue weighted by atomic mass is 10.1. The molecule has 0 rings (SSSR count). The number of rotatable bonds is 9. The van der Waals surface area contributed by atoms with Crippen molar-refractivity contribution in [3.63, 3.8) is 0 Å². The molecule has 0 aliphatic rings. The monoisotopic (exact) mass is 242 g/mol. The van der Waals surface area contributed by atoms with Crippen molar-refractivity contribution >= 4 is 0 Å². The molecule has 0 saturated carbocycles. The summed E-state index contributed by atoms with van der Waals surface area (Å²) in [5.74, 6) is 0. The van der Waals surface area contributed by atoms with Gasteiger partial charge >= 0.3 is 0 Å². The molecule has 1 nitrogen and oxygen atoms in total. The molecule has 0 atom stereocenters. The van der Waals surface area contributed by atoms with E-state index in [2.05, 4.69) is 6.92 Å². The number of halogens is 3. The van der Waals surface area contributed by atoms with Gasteiger partial charge < -0.3 is 5.11 Å². The topological polar surface area (TPSA) is 20.2 Å². The van der Waals surface area contributed by atoms with Crippen LogP contribution in [0.1, 0.15) is 58.3 Å². The Bertz CT molecular complexity index is 102. The maximum Gasteiger partial charge on any atom is 0.266 e. The zero-order valence-electron chi connectivity index (χ0n) is 10.2. The molecule has 0 aliphatic carbocycles. The first-order chi connectivity index (χ1) is 7.68. The molecular formula is C12H25F3O. The van der Waals surface area contributed by atoms with Crippen LogP contribution in [0.2, 0.25) is 0 Å². The van der Waals surface area contributed by atoms with E-state index in [4.69, 9.17) is 5.11 Å². The Labute approximate surface area is 97.1 Å². The van der Waals surface area contributed by atoms with Gasteiger partial charge in [0.05, 0.1) is 0 Å². The molecular weight excluding hydrogens is 217 g/mol. The second-order valence-corrected chi connectivity index (χ2v) is 3.74. The van der Waals surface area contributed by atoms with Gasteiger partial charge in [0.15, 0.2) is 6.67 Å². The molecule has 0 saturated heterocycles. The molecule has 4 heteroatoms. The standard InChI is InChI=1S/C10H22O.C2H3F3/c1-2-3-4-5-6-7-8-9-10-11;3-1-2(4)5/h11H,2-10H2,1H3;2H,1H2. The van der Waals surface area contributed by atoms with Crippen molar-refractivity contribution in [2.24, 2.45) is 0 Å². The van der Waals surface area contributed by atoms with Crippen LogP contribution in [-0.2, 0) is 0 Å². The van der Waals surface area contributed by atoms with Crippen molar-refractivity contribution in [1.29, 1.82) is 0 Å². The average Bonchev–Trinajstić information content (AvgIpc) is 2.29. The van der Waals surface area contributed by atoms with Crippen molar-refractivity contribution < 1.29 is 18.3 Å². The number of aliphatic hydroxyl groups is 1. The predicted molar refractivity (Wildman–Crippen MR) is 61.7 cm³/mol. The molecule has 0 aromatic rings. The van der Waals surface area contributed by atoms with Gasteiger partial charge in [-0.3, -0.25) is 0 Å². The summed E-state index contributed by atoms with van der Waals surface area (Å²) in [6.07, 6.45) is 7.60. The largest absolute Gasteiger partial charge is 0.396 e. The summed E-state index contributed by atoms with van der Waals surface area (Å²) >= 11 is 0. The molecule has 0 heterocycles. The van der Waals surface area contributed by atoms with Crippen LogP contribution >= 0.6 is 0 Å². The molecule has 1 N–H and O–H groups in total. The minimum Gasteiger partial charge on any atom is -0.396 e. The quantitative estimate of drug-likeness (QED) is 0.596. The van der Waals surface area contributed by atoms with E-state index < -0.39 is 13.1 Å².